The molecule has 1 saturated heterocycles. The van der Waals surface area contributed by atoms with E-state index in [1.54, 1.807) is 30.2 Å². The van der Waals surface area contributed by atoms with Crippen LogP contribution in [-0.2, 0) is 16.1 Å². The number of carbonyl (C=O) groups excluding carboxylic acids is 2. The highest BCUT2D eigenvalue weighted by Gasteiger charge is 2.29. The van der Waals surface area contributed by atoms with Crippen molar-refractivity contribution in [1.29, 1.82) is 0 Å². The van der Waals surface area contributed by atoms with Crippen molar-refractivity contribution in [3.63, 3.8) is 0 Å². The Morgan fingerprint density at radius 3 is 2.81 bits per heavy atom. The maximum Gasteiger partial charge on any atom is 0.310 e. The standard InChI is InChI=1S/C19H22ClN3O3S/c1-2-26-18(25)14-4-3-9-23(12-14)17(24)13-5-7-15(8-6-13)21-10-16-11-22-19(20)27-16/h5-8,11,14,21H,2-4,9-10,12H2,1H3. The van der Waals surface area contributed by atoms with Crippen LogP contribution in [0.25, 0.3) is 0 Å². The van der Waals surface area contributed by atoms with Gasteiger partial charge in [-0.05, 0) is 44.0 Å². The minimum Gasteiger partial charge on any atom is -0.466 e. The first-order valence-corrected chi connectivity index (χ1v) is 10.2. The van der Waals surface area contributed by atoms with Gasteiger partial charge in [0.25, 0.3) is 5.91 Å². The van der Waals surface area contributed by atoms with Gasteiger partial charge in [0, 0.05) is 35.4 Å². The molecule has 0 spiro atoms. The molecule has 6 nitrogen and oxygen atoms in total. The van der Waals surface area contributed by atoms with Gasteiger partial charge in [0.2, 0.25) is 0 Å². The fourth-order valence-electron chi connectivity index (χ4n) is 3.08. The molecular weight excluding hydrogens is 386 g/mol. The number of ether oxygens (including phenoxy) is 1. The van der Waals surface area contributed by atoms with Gasteiger partial charge in [0.1, 0.15) is 0 Å². The van der Waals surface area contributed by atoms with Gasteiger partial charge in [-0.25, -0.2) is 4.98 Å². The number of benzene rings is 1. The third kappa shape index (κ3) is 5.20. The van der Waals surface area contributed by atoms with E-state index in [0.29, 0.717) is 36.3 Å². The summed E-state index contributed by atoms with van der Waals surface area (Å²) in [5, 5.41) is 3.28. The van der Waals surface area contributed by atoms with E-state index in [0.717, 1.165) is 23.4 Å². The average Bonchev–Trinajstić information content (AvgIpc) is 3.12. The summed E-state index contributed by atoms with van der Waals surface area (Å²) in [5.74, 6) is -0.489. The molecule has 1 fully saturated rings. The summed E-state index contributed by atoms with van der Waals surface area (Å²) in [5.41, 5.74) is 1.53. The number of likely N-dealkylation sites (tertiary alicyclic amines) is 1. The number of halogens is 1. The van der Waals surface area contributed by atoms with Gasteiger partial charge in [0.15, 0.2) is 4.47 Å². The fourth-order valence-corrected chi connectivity index (χ4v) is 4.00. The van der Waals surface area contributed by atoms with Gasteiger partial charge in [-0.1, -0.05) is 11.6 Å². The van der Waals surface area contributed by atoms with Crippen LogP contribution < -0.4 is 5.32 Å². The van der Waals surface area contributed by atoms with Crippen LogP contribution in [0.3, 0.4) is 0 Å². The number of amides is 1. The summed E-state index contributed by atoms with van der Waals surface area (Å²) in [4.78, 5) is 31.5. The van der Waals surface area contributed by atoms with Crippen LogP contribution in [0.15, 0.2) is 30.5 Å². The molecule has 1 atom stereocenters. The van der Waals surface area contributed by atoms with Crippen molar-refractivity contribution in [2.24, 2.45) is 5.92 Å². The molecule has 8 heteroatoms. The lowest BCUT2D eigenvalue weighted by Gasteiger charge is -2.31. The van der Waals surface area contributed by atoms with Crippen LogP contribution in [0.1, 0.15) is 35.0 Å². The van der Waals surface area contributed by atoms with E-state index >= 15 is 0 Å². The molecule has 1 N–H and O–H groups in total. The minimum atomic E-state index is -0.227. The van der Waals surface area contributed by atoms with Crippen molar-refractivity contribution in [2.75, 3.05) is 25.0 Å². The predicted octanol–water partition coefficient (Wildman–Crippen LogP) is 3.82. The van der Waals surface area contributed by atoms with Crippen molar-refractivity contribution in [2.45, 2.75) is 26.3 Å². The molecule has 0 aliphatic carbocycles. The van der Waals surface area contributed by atoms with Crippen LogP contribution in [0, 0.1) is 5.92 Å². The smallest absolute Gasteiger partial charge is 0.310 e. The number of nitrogens with zero attached hydrogens (tertiary/aromatic N) is 2. The van der Waals surface area contributed by atoms with Crippen molar-refractivity contribution < 1.29 is 14.3 Å². The van der Waals surface area contributed by atoms with Gasteiger partial charge in [-0.2, -0.15) is 0 Å². The highest BCUT2D eigenvalue weighted by molar-refractivity contribution is 7.15. The Labute approximate surface area is 167 Å². The molecule has 1 aromatic heterocycles. The normalized spacial score (nSPS) is 16.8. The molecule has 1 aliphatic rings. The summed E-state index contributed by atoms with van der Waals surface area (Å²) in [6, 6.07) is 7.36. The number of hydrogen-bond acceptors (Lipinski definition) is 6. The summed E-state index contributed by atoms with van der Waals surface area (Å²) in [6.45, 7) is 3.88. The Kier molecular flexibility index (Phi) is 6.68. The maximum absolute atomic E-state index is 12.8. The second kappa shape index (κ2) is 9.19. The SMILES string of the molecule is CCOC(=O)C1CCCN(C(=O)c2ccc(NCc3cnc(Cl)s3)cc2)C1. The number of thiazole rings is 1. The van der Waals surface area contributed by atoms with E-state index in [-0.39, 0.29) is 17.8 Å². The molecule has 3 rings (SSSR count). The molecule has 0 bridgehead atoms. The number of aromatic nitrogens is 1. The Hall–Kier alpha value is -2.12. The number of piperidine rings is 1. The molecule has 0 radical (unpaired) electrons. The number of hydrogen-bond donors (Lipinski definition) is 1. The molecule has 1 aromatic carbocycles. The molecule has 144 valence electrons. The first kappa shape index (κ1) is 19.6. The van der Waals surface area contributed by atoms with E-state index in [2.05, 4.69) is 10.3 Å². The lowest BCUT2D eigenvalue weighted by molar-refractivity contribution is -0.149. The van der Waals surface area contributed by atoms with Crippen molar-refractivity contribution in [1.82, 2.24) is 9.88 Å². The zero-order valence-electron chi connectivity index (χ0n) is 15.1. The predicted molar refractivity (Wildman–Crippen MR) is 106 cm³/mol. The highest BCUT2D eigenvalue weighted by atomic mass is 35.5. The molecule has 1 unspecified atom stereocenters. The van der Waals surface area contributed by atoms with Crippen LogP contribution in [0.5, 0.6) is 0 Å². The highest BCUT2D eigenvalue weighted by Crippen LogP contribution is 2.22. The summed E-state index contributed by atoms with van der Waals surface area (Å²) < 4.78 is 5.62. The number of rotatable bonds is 6. The molecular formula is C19H22ClN3O3S. The van der Waals surface area contributed by atoms with E-state index in [9.17, 15) is 9.59 Å². The Morgan fingerprint density at radius 1 is 1.37 bits per heavy atom. The van der Waals surface area contributed by atoms with E-state index in [1.165, 1.54) is 11.3 Å². The fraction of sp³-hybridized carbons (Fsp3) is 0.421. The average molecular weight is 408 g/mol. The quantitative estimate of drug-likeness (QED) is 0.737. The largest absolute Gasteiger partial charge is 0.466 e. The number of nitrogens with one attached hydrogen (secondary N) is 1. The molecule has 1 amide bonds. The Bertz CT molecular complexity index is 794. The van der Waals surface area contributed by atoms with Crippen LogP contribution >= 0.6 is 22.9 Å². The number of anilines is 1. The third-order valence-electron chi connectivity index (χ3n) is 4.45. The Balaban J connectivity index is 1.57. The van der Waals surface area contributed by atoms with Crippen LogP contribution in [-0.4, -0.2) is 41.5 Å². The van der Waals surface area contributed by atoms with Crippen molar-refractivity contribution in [3.05, 3.63) is 45.4 Å². The monoisotopic (exact) mass is 407 g/mol. The molecule has 2 aromatic rings. The third-order valence-corrected chi connectivity index (χ3v) is 5.57. The van der Waals surface area contributed by atoms with Gasteiger partial charge in [-0.15, -0.1) is 11.3 Å². The summed E-state index contributed by atoms with van der Waals surface area (Å²) in [7, 11) is 0. The molecule has 27 heavy (non-hydrogen) atoms. The first-order valence-electron chi connectivity index (χ1n) is 8.97. The second-order valence-corrected chi connectivity index (χ2v) is 8.05. The molecule has 0 saturated carbocycles. The maximum atomic E-state index is 12.8. The number of carbonyl (C=O) groups is 2. The van der Waals surface area contributed by atoms with Crippen molar-refractivity contribution >= 4 is 40.5 Å². The van der Waals surface area contributed by atoms with Gasteiger partial charge in [-0.3, -0.25) is 9.59 Å². The minimum absolute atomic E-state index is 0.0511. The Morgan fingerprint density at radius 2 is 2.15 bits per heavy atom. The zero-order valence-corrected chi connectivity index (χ0v) is 16.7. The van der Waals surface area contributed by atoms with Crippen LogP contribution in [0.4, 0.5) is 5.69 Å². The zero-order chi connectivity index (χ0) is 19.2. The topological polar surface area (TPSA) is 71.5 Å². The van der Waals surface area contributed by atoms with Gasteiger partial charge < -0.3 is 15.0 Å². The van der Waals surface area contributed by atoms with E-state index in [1.807, 2.05) is 12.1 Å². The molecule has 1 aliphatic heterocycles. The second-order valence-electron chi connectivity index (χ2n) is 6.35. The van der Waals surface area contributed by atoms with Gasteiger partial charge in [0.05, 0.1) is 19.1 Å². The molecule has 2 heterocycles. The lowest BCUT2D eigenvalue weighted by atomic mass is 9.97. The first-order chi connectivity index (χ1) is 13.1. The summed E-state index contributed by atoms with van der Waals surface area (Å²) in [6.07, 6.45) is 3.33. The van der Waals surface area contributed by atoms with E-state index in [4.69, 9.17) is 16.3 Å². The lowest BCUT2D eigenvalue weighted by Crippen LogP contribution is -2.42. The van der Waals surface area contributed by atoms with Crippen LogP contribution in [0.2, 0.25) is 4.47 Å². The summed E-state index contributed by atoms with van der Waals surface area (Å²) >= 11 is 7.26. The van der Waals surface area contributed by atoms with Crippen molar-refractivity contribution in [3.8, 4) is 0 Å². The van der Waals surface area contributed by atoms with Gasteiger partial charge >= 0.3 is 5.97 Å². The number of esters is 1. The van der Waals surface area contributed by atoms with E-state index < -0.39 is 0 Å².